The Morgan fingerprint density at radius 1 is 1.07 bits per heavy atom. The smallest absolute Gasteiger partial charge is 0.317 e. The summed E-state index contributed by atoms with van der Waals surface area (Å²) in [4.78, 5) is 25.4. The predicted octanol–water partition coefficient (Wildman–Crippen LogP) is 3.37. The standard InChI is InChI=1S/C22H23N5O3/c1-29-17-11-6-5-10-16(17)24-21-26-18(25-20(23)27-21)14-30-19(28)22(12-7-13-22)15-8-3-2-4-9-15/h2-6,8-11H,7,12-14H2,1H3,(H3,23,24,25,26,27). The van der Waals surface area contributed by atoms with Crippen LogP contribution in [0.2, 0.25) is 0 Å². The van der Waals surface area contributed by atoms with Crippen LogP contribution in [-0.4, -0.2) is 28.0 Å². The Kier molecular flexibility index (Phi) is 5.47. The second kappa shape index (κ2) is 8.36. The summed E-state index contributed by atoms with van der Waals surface area (Å²) >= 11 is 0. The van der Waals surface area contributed by atoms with Crippen molar-refractivity contribution in [3.05, 3.63) is 66.0 Å². The molecule has 0 unspecified atom stereocenters. The molecule has 3 aromatic rings. The van der Waals surface area contributed by atoms with Gasteiger partial charge in [-0.15, -0.1) is 0 Å². The summed E-state index contributed by atoms with van der Waals surface area (Å²) in [5.41, 5.74) is 6.91. The topological polar surface area (TPSA) is 112 Å². The minimum atomic E-state index is -0.585. The highest BCUT2D eigenvalue weighted by molar-refractivity contribution is 5.84. The van der Waals surface area contributed by atoms with Crippen LogP contribution in [0.15, 0.2) is 54.6 Å². The van der Waals surface area contributed by atoms with Gasteiger partial charge in [-0.05, 0) is 30.5 Å². The van der Waals surface area contributed by atoms with Crippen LogP contribution in [0.4, 0.5) is 17.6 Å². The highest BCUT2D eigenvalue weighted by Crippen LogP contribution is 2.44. The van der Waals surface area contributed by atoms with Gasteiger partial charge in [0, 0.05) is 0 Å². The molecule has 1 aliphatic rings. The molecule has 1 saturated carbocycles. The lowest BCUT2D eigenvalue weighted by molar-refractivity contribution is -0.156. The van der Waals surface area contributed by atoms with E-state index in [0.29, 0.717) is 11.4 Å². The van der Waals surface area contributed by atoms with Crippen molar-refractivity contribution in [1.29, 1.82) is 0 Å². The normalized spacial score (nSPS) is 14.4. The molecule has 0 radical (unpaired) electrons. The van der Waals surface area contributed by atoms with Gasteiger partial charge in [-0.2, -0.15) is 15.0 Å². The van der Waals surface area contributed by atoms with Crippen LogP contribution in [0.5, 0.6) is 5.75 Å². The van der Waals surface area contributed by atoms with Crippen LogP contribution in [0.3, 0.4) is 0 Å². The molecule has 0 aliphatic heterocycles. The number of benzene rings is 2. The zero-order valence-electron chi connectivity index (χ0n) is 16.7. The maximum atomic E-state index is 12.9. The fourth-order valence-electron chi connectivity index (χ4n) is 3.59. The molecular weight excluding hydrogens is 382 g/mol. The lowest BCUT2D eigenvalue weighted by Crippen LogP contribution is -2.43. The minimum Gasteiger partial charge on any atom is -0.495 e. The summed E-state index contributed by atoms with van der Waals surface area (Å²) in [6, 6.07) is 17.1. The van der Waals surface area contributed by atoms with Crippen molar-refractivity contribution in [3.63, 3.8) is 0 Å². The highest BCUT2D eigenvalue weighted by Gasteiger charge is 2.47. The van der Waals surface area contributed by atoms with E-state index in [1.54, 1.807) is 7.11 Å². The van der Waals surface area contributed by atoms with Crippen molar-refractivity contribution in [3.8, 4) is 5.75 Å². The molecule has 8 heteroatoms. The summed E-state index contributed by atoms with van der Waals surface area (Å²) in [6.07, 6.45) is 2.54. The number of nitrogens with one attached hydrogen (secondary N) is 1. The third-order valence-corrected chi connectivity index (χ3v) is 5.31. The second-order valence-corrected chi connectivity index (χ2v) is 7.14. The van der Waals surface area contributed by atoms with E-state index < -0.39 is 5.41 Å². The average molecular weight is 405 g/mol. The van der Waals surface area contributed by atoms with Crippen molar-refractivity contribution in [2.45, 2.75) is 31.3 Å². The number of ether oxygens (including phenoxy) is 2. The van der Waals surface area contributed by atoms with Crippen LogP contribution in [0, 0.1) is 0 Å². The van der Waals surface area contributed by atoms with Gasteiger partial charge < -0.3 is 20.5 Å². The fourth-order valence-corrected chi connectivity index (χ4v) is 3.59. The first-order valence-electron chi connectivity index (χ1n) is 9.74. The Balaban J connectivity index is 1.48. The third-order valence-electron chi connectivity index (χ3n) is 5.31. The van der Waals surface area contributed by atoms with Crippen LogP contribution in [-0.2, 0) is 21.6 Å². The number of anilines is 3. The molecule has 0 spiro atoms. The highest BCUT2D eigenvalue weighted by atomic mass is 16.5. The lowest BCUT2D eigenvalue weighted by Gasteiger charge is -2.39. The van der Waals surface area contributed by atoms with Gasteiger partial charge in [-0.1, -0.05) is 48.9 Å². The summed E-state index contributed by atoms with van der Waals surface area (Å²) < 4.78 is 10.9. The first-order valence-corrected chi connectivity index (χ1v) is 9.74. The number of aromatic nitrogens is 3. The molecule has 0 atom stereocenters. The second-order valence-electron chi connectivity index (χ2n) is 7.14. The van der Waals surface area contributed by atoms with Crippen molar-refractivity contribution in [2.75, 3.05) is 18.2 Å². The van der Waals surface area contributed by atoms with Gasteiger partial charge in [-0.3, -0.25) is 4.79 Å². The number of esters is 1. The van der Waals surface area contributed by atoms with Gasteiger partial charge in [-0.25, -0.2) is 0 Å². The van der Waals surface area contributed by atoms with Gasteiger partial charge in [0.15, 0.2) is 12.4 Å². The number of hydrogen-bond acceptors (Lipinski definition) is 8. The summed E-state index contributed by atoms with van der Waals surface area (Å²) in [6.45, 7) is -0.0826. The van der Waals surface area contributed by atoms with Crippen LogP contribution < -0.4 is 15.8 Å². The van der Waals surface area contributed by atoms with Crippen molar-refractivity contribution in [2.24, 2.45) is 0 Å². The van der Waals surface area contributed by atoms with E-state index in [1.807, 2.05) is 54.6 Å². The first-order chi connectivity index (χ1) is 14.6. The van der Waals surface area contributed by atoms with Crippen LogP contribution in [0.25, 0.3) is 0 Å². The average Bonchev–Trinajstić information content (AvgIpc) is 2.72. The Hall–Kier alpha value is -3.68. The van der Waals surface area contributed by atoms with Crippen LogP contribution in [0.1, 0.15) is 30.7 Å². The molecule has 0 saturated heterocycles. The molecule has 1 aromatic heterocycles. The largest absolute Gasteiger partial charge is 0.495 e. The molecule has 154 valence electrons. The number of methoxy groups -OCH3 is 1. The Morgan fingerprint density at radius 2 is 1.80 bits per heavy atom. The first kappa shape index (κ1) is 19.6. The van der Waals surface area contributed by atoms with E-state index in [4.69, 9.17) is 15.2 Å². The Labute approximate surface area is 174 Å². The number of nitrogens with two attached hydrogens (primary N) is 1. The van der Waals surface area contributed by atoms with Gasteiger partial charge in [0.05, 0.1) is 18.2 Å². The molecule has 2 aromatic carbocycles. The number of nitrogen functional groups attached to an aromatic ring is 1. The molecule has 3 N–H and O–H groups in total. The number of carbonyl (C=O) groups is 1. The molecule has 0 amide bonds. The van der Waals surface area contributed by atoms with E-state index in [0.717, 1.165) is 24.8 Å². The minimum absolute atomic E-state index is 0.0369. The molecular formula is C22H23N5O3. The summed E-state index contributed by atoms with van der Waals surface area (Å²) in [5, 5.41) is 3.06. The molecule has 1 aliphatic carbocycles. The van der Waals surface area contributed by atoms with E-state index in [1.165, 1.54) is 0 Å². The molecule has 1 heterocycles. The third kappa shape index (κ3) is 3.89. The Morgan fingerprint density at radius 3 is 2.50 bits per heavy atom. The predicted molar refractivity (Wildman–Crippen MR) is 112 cm³/mol. The van der Waals surface area contributed by atoms with Gasteiger partial charge in [0.25, 0.3) is 0 Å². The van der Waals surface area contributed by atoms with E-state index in [-0.39, 0.29) is 30.3 Å². The summed E-state index contributed by atoms with van der Waals surface area (Å²) in [7, 11) is 1.58. The van der Waals surface area contributed by atoms with Crippen molar-refractivity contribution in [1.82, 2.24) is 15.0 Å². The maximum absolute atomic E-state index is 12.9. The maximum Gasteiger partial charge on any atom is 0.317 e. The number of rotatable bonds is 7. The van der Waals surface area contributed by atoms with E-state index in [2.05, 4.69) is 20.3 Å². The molecule has 4 rings (SSSR count). The number of carbonyl (C=O) groups excluding carboxylic acids is 1. The van der Waals surface area contributed by atoms with Crippen molar-refractivity contribution >= 4 is 23.6 Å². The quantitative estimate of drug-likeness (QED) is 0.576. The van der Waals surface area contributed by atoms with Crippen molar-refractivity contribution < 1.29 is 14.3 Å². The molecule has 8 nitrogen and oxygen atoms in total. The number of para-hydroxylation sites is 2. The van der Waals surface area contributed by atoms with E-state index >= 15 is 0 Å². The molecule has 1 fully saturated rings. The van der Waals surface area contributed by atoms with Gasteiger partial charge in [0.2, 0.25) is 11.9 Å². The SMILES string of the molecule is COc1ccccc1Nc1nc(N)nc(COC(=O)C2(c3ccccc3)CCC2)n1. The van der Waals surface area contributed by atoms with E-state index in [9.17, 15) is 4.79 Å². The Bertz CT molecular complexity index is 1040. The number of hydrogen-bond donors (Lipinski definition) is 2. The molecule has 0 bridgehead atoms. The van der Waals surface area contributed by atoms with Gasteiger partial charge >= 0.3 is 5.97 Å². The van der Waals surface area contributed by atoms with Crippen LogP contribution >= 0.6 is 0 Å². The lowest BCUT2D eigenvalue weighted by atomic mass is 9.64. The zero-order valence-corrected chi connectivity index (χ0v) is 16.7. The van der Waals surface area contributed by atoms with Gasteiger partial charge in [0.1, 0.15) is 5.75 Å². The monoisotopic (exact) mass is 405 g/mol. The number of nitrogens with zero attached hydrogens (tertiary/aromatic N) is 3. The summed E-state index contributed by atoms with van der Waals surface area (Å²) in [5.74, 6) is 0.933. The molecule has 30 heavy (non-hydrogen) atoms. The fraction of sp³-hybridized carbons (Fsp3) is 0.273. The zero-order chi connectivity index (χ0) is 21.0.